The molecule has 0 aliphatic rings. The van der Waals surface area contributed by atoms with Crippen LogP contribution in [0.5, 0.6) is 0 Å². The Morgan fingerprint density at radius 3 is 2.33 bits per heavy atom. The number of nitrogens with two attached hydrogens (primary N) is 1. The summed E-state index contributed by atoms with van der Waals surface area (Å²) < 4.78 is 1.05. The quantitative estimate of drug-likeness (QED) is 0.813. The molecule has 0 aliphatic carbocycles. The summed E-state index contributed by atoms with van der Waals surface area (Å²) in [6.45, 7) is 1.55. The number of primary amides is 1. The number of hydrogen-bond donors (Lipinski definition) is 2. The lowest BCUT2D eigenvalue weighted by molar-refractivity contribution is -0.119. The van der Waals surface area contributed by atoms with Crippen LogP contribution >= 0.6 is 22.6 Å². The number of carbonyl (C=O) groups excluding carboxylic acids is 2. The molecule has 15 heavy (non-hydrogen) atoms. The van der Waals surface area contributed by atoms with Gasteiger partial charge in [-0.25, -0.2) is 0 Å². The predicted octanol–water partition coefficient (Wildman–Crippen LogP) is 0.895. The number of rotatable bonds is 3. The molecule has 0 spiro atoms. The minimum atomic E-state index is -0.656. The molecule has 3 N–H and O–H groups in total. The van der Waals surface area contributed by atoms with E-state index in [2.05, 4.69) is 27.9 Å². The third-order valence-electron chi connectivity index (χ3n) is 1.88. The summed E-state index contributed by atoms with van der Waals surface area (Å²) in [5, 5.41) is 2.50. The van der Waals surface area contributed by atoms with Crippen LogP contribution in [0.2, 0.25) is 0 Å². The topological polar surface area (TPSA) is 72.2 Å². The summed E-state index contributed by atoms with van der Waals surface area (Å²) in [5.74, 6) is -0.841. The van der Waals surface area contributed by atoms with Gasteiger partial charge >= 0.3 is 0 Å². The molecule has 2 amide bonds. The average molecular weight is 318 g/mol. The van der Waals surface area contributed by atoms with Crippen molar-refractivity contribution in [3.63, 3.8) is 0 Å². The van der Waals surface area contributed by atoms with Crippen molar-refractivity contribution in [1.29, 1.82) is 0 Å². The van der Waals surface area contributed by atoms with Crippen molar-refractivity contribution in [2.45, 2.75) is 13.0 Å². The largest absolute Gasteiger partial charge is 0.368 e. The van der Waals surface area contributed by atoms with Crippen LogP contribution in [0.25, 0.3) is 0 Å². The zero-order valence-corrected chi connectivity index (χ0v) is 10.3. The standard InChI is InChI=1S/C10H11IN2O2/c1-6(9(12)14)13-10(15)7-2-4-8(11)5-3-7/h2-6H,1H3,(H2,12,14)(H,13,15)/t6-/m1/s1. The molecule has 1 aromatic carbocycles. The van der Waals surface area contributed by atoms with Crippen molar-refractivity contribution in [2.75, 3.05) is 0 Å². The summed E-state index contributed by atoms with van der Waals surface area (Å²) in [5.41, 5.74) is 5.55. The molecular formula is C10H11IN2O2. The number of carbonyl (C=O) groups is 2. The lowest BCUT2D eigenvalue weighted by Crippen LogP contribution is -2.42. The molecule has 80 valence electrons. The maximum absolute atomic E-state index is 11.5. The fraction of sp³-hybridized carbons (Fsp3) is 0.200. The molecular weight excluding hydrogens is 307 g/mol. The van der Waals surface area contributed by atoms with Gasteiger partial charge in [0.15, 0.2) is 0 Å². The van der Waals surface area contributed by atoms with Crippen molar-refractivity contribution >= 4 is 34.4 Å². The maximum atomic E-state index is 11.5. The third-order valence-corrected chi connectivity index (χ3v) is 2.60. The smallest absolute Gasteiger partial charge is 0.251 e. The van der Waals surface area contributed by atoms with Crippen molar-refractivity contribution < 1.29 is 9.59 Å². The monoisotopic (exact) mass is 318 g/mol. The van der Waals surface area contributed by atoms with Crippen LogP contribution in [0.15, 0.2) is 24.3 Å². The van der Waals surface area contributed by atoms with Crippen LogP contribution < -0.4 is 11.1 Å². The molecule has 0 radical (unpaired) electrons. The van der Waals surface area contributed by atoms with E-state index in [1.807, 2.05) is 12.1 Å². The van der Waals surface area contributed by atoms with Crippen LogP contribution in [0.3, 0.4) is 0 Å². The van der Waals surface area contributed by atoms with E-state index in [0.29, 0.717) is 5.56 Å². The molecule has 0 aliphatic heterocycles. The second-order valence-electron chi connectivity index (χ2n) is 3.10. The first-order valence-corrected chi connectivity index (χ1v) is 5.44. The van der Waals surface area contributed by atoms with E-state index in [9.17, 15) is 9.59 Å². The second kappa shape index (κ2) is 5.11. The molecule has 0 saturated heterocycles. The Hall–Kier alpha value is -1.11. The summed E-state index contributed by atoms with van der Waals surface area (Å²) in [4.78, 5) is 22.3. The Morgan fingerprint density at radius 1 is 1.33 bits per heavy atom. The van der Waals surface area contributed by atoms with Gasteiger partial charge in [-0.05, 0) is 53.8 Å². The van der Waals surface area contributed by atoms with Gasteiger partial charge in [-0.1, -0.05) is 0 Å². The summed E-state index contributed by atoms with van der Waals surface area (Å²) in [7, 11) is 0. The first-order valence-electron chi connectivity index (χ1n) is 4.36. The van der Waals surface area contributed by atoms with Gasteiger partial charge in [0.2, 0.25) is 5.91 Å². The molecule has 5 heteroatoms. The molecule has 0 aromatic heterocycles. The number of nitrogens with one attached hydrogen (secondary N) is 1. The minimum Gasteiger partial charge on any atom is -0.368 e. The van der Waals surface area contributed by atoms with Gasteiger partial charge in [0, 0.05) is 9.13 Å². The normalized spacial score (nSPS) is 11.9. The minimum absolute atomic E-state index is 0.294. The molecule has 0 heterocycles. The summed E-state index contributed by atoms with van der Waals surface area (Å²) >= 11 is 2.15. The maximum Gasteiger partial charge on any atom is 0.251 e. The highest BCUT2D eigenvalue weighted by atomic mass is 127. The van der Waals surface area contributed by atoms with Crippen LogP contribution in [-0.2, 0) is 4.79 Å². The molecule has 0 unspecified atom stereocenters. The van der Waals surface area contributed by atoms with Crippen molar-refractivity contribution in [3.05, 3.63) is 33.4 Å². The van der Waals surface area contributed by atoms with Crippen molar-refractivity contribution in [3.8, 4) is 0 Å². The molecule has 1 rings (SSSR count). The van der Waals surface area contributed by atoms with Crippen molar-refractivity contribution in [2.24, 2.45) is 5.73 Å². The van der Waals surface area contributed by atoms with Crippen LogP contribution in [0.4, 0.5) is 0 Å². The first-order chi connectivity index (χ1) is 7.00. The van der Waals surface area contributed by atoms with E-state index in [1.54, 1.807) is 19.1 Å². The Bertz CT molecular complexity index is 376. The van der Waals surface area contributed by atoms with Gasteiger partial charge in [0.25, 0.3) is 5.91 Å². The van der Waals surface area contributed by atoms with Gasteiger partial charge in [0.05, 0.1) is 0 Å². The highest BCUT2D eigenvalue weighted by Gasteiger charge is 2.13. The first kappa shape index (κ1) is 12.0. The van der Waals surface area contributed by atoms with E-state index >= 15 is 0 Å². The van der Waals surface area contributed by atoms with Gasteiger partial charge in [-0.15, -0.1) is 0 Å². The number of halogens is 1. The van der Waals surface area contributed by atoms with Crippen molar-refractivity contribution in [1.82, 2.24) is 5.32 Å². The van der Waals surface area contributed by atoms with Gasteiger partial charge in [-0.2, -0.15) is 0 Å². The van der Waals surface area contributed by atoms with E-state index in [0.717, 1.165) is 3.57 Å². The molecule has 0 fully saturated rings. The average Bonchev–Trinajstić information content (AvgIpc) is 2.18. The SMILES string of the molecule is C[C@@H](NC(=O)c1ccc(I)cc1)C(N)=O. The zero-order valence-electron chi connectivity index (χ0n) is 8.16. The number of hydrogen-bond acceptors (Lipinski definition) is 2. The molecule has 1 aromatic rings. The summed E-state index contributed by atoms with van der Waals surface area (Å²) in [6.07, 6.45) is 0. The number of amides is 2. The zero-order chi connectivity index (χ0) is 11.4. The van der Waals surface area contributed by atoms with E-state index in [-0.39, 0.29) is 5.91 Å². The van der Waals surface area contributed by atoms with E-state index in [4.69, 9.17) is 5.73 Å². The molecule has 1 atom stereocenters. The lowest BCUT2D eigenvalue weighted by Gasteiger charge is -2.09. The Balaban J connectivity index is 2.69. The van der Waals surface area contributed by atoms with Gasteiger partial charge in [0.1, 0.15) is 6.04 Å². The third kappa shape index (κ3) is 3.50. The van der Waals surface area contributed by atoms with E-state index in [1.165, 1.54) is 0 Å². The Kier molecular flexibility index (Phi) is 4.07. The second-order valence-corrected chi connectivity index (χ2v) is 4.35. The molecule has 0 bridgehead atoms. The molecule has 0 saturated carbocycles. The fourth-order valence-corrected chi connectivity index (χ4v) is 1.31. The highest BCUT2D eigenvalue weighted by Crippen LogP contribution is 2.06. The highest BCUT2D eigenvalue weighted by molar-refractivity contribution is 14.1. The number of benzene rings is 1. The Labute approximate surface area is 101 Å². The summed E-state index contributed by atoms with van der Waals surface area (Å²) in [6, 6.07) is 6.39. The predicted molar refractivity (Wildman–Crippen MR) is 65.3 cm³/mol. The van der Waals surface area contributed by atoms with E-state index < -0.39 is 11.9 Å². The van der Waals surface area contributed by atoms with Gasteiger partial charge < -0.3 is 11.1 Å². The van der Waals surface area contributed by atoms with Gasteiger partial charge in [-0.3, -0.25) is 9.59 Å². The lowest BCUT2D eigenvalue weighted by atomic mass is 10.2. The van der Waals surface area contributed by atoms with Crippen LogP contribution in [-0.4, -0.2) is 17.9 Å². The molecule has 4 nitrogen and oxygen atoms in total. The Morgan fingerprint density at radius 2 is 1.87 bits per heavy atom. The van der Waals surface area contributed by atoms with Crippen LogP contribution in [0, 0.1) is 3.57 Å². The fourth-order valence-electron chi connectivity index (χ4n) is 0.952. The van der Waals surface area contributed by atoms with Crippen LogP contribution in [0.1, 0.15) is 17.3 Å².